The summed E-state index contributed by atoms with van der Waals surface area (Å²) in [5.74, 6) is -0.629. The van der Waals surface area contributed by atoms with Gasteiger partial charge in [0.25, 0.3) is 0 Å². The number of aromatic hydroxyl groups is 1. The molecule has 0 bridgehead atoms. The van der Waals surface area contributed by atoms with Crippen molar-refractivity contribution in [2.45, 2.75) is 24.3 Å². The number of amides is 1. The van der Waals surface area contributed by atoms with E-state index in [-0.39, 0.29) is 22.8 Å². The summed E-state index contributed by atoms with van der Waals surface area (Å²) in [5, 5.41) is 12.2. The number of carbonyl (C=O) groups excluding carboxylic acids is 1. The summed E-state index contributed by atoms with van der Waals surface area (Å²) in [4.78, 5) is 12.4. The number of nitrogens with one attached hydrogen (secondary N) is 2. The Labute approximate surface area is 149 Å². The van der Waals surface area contributed by atoms with Gasteiger partial charge in [0.15, 0.2) is 0 Å². The lowest BCUT2D eigenvalue weighted by atomic mass is 10.2. The molecule has 1 atom stereocenters. The number of phenolic OH excluding ortho intramolecular Hbond substituents is 1. The van der Waals surface area contributed by atoms with Crippen LogP contribution in [0.25, 0.3) is 0 Å². The lowest BCUT2D eigenvalue weighted by Gasteiger charge is -2.17. The topological polar surface area (TPSA) is 95.5 Å². The summed E-state index contributed by atoms with van der Waals surface area (Å²) in [5.41, 5.74) is 0.226. The standard InChI is InChI=1S/C16H17BrN2O4S/c1-2-13(16(21)18-14-5-3-4-6-15(14)20)19-24(22,23)12-9-7-11(17)8-10-12/h3-10,13,19-20H,2H2,1H3,(H,18,21). The maximum absolute atomic E-state index is 12.4. The average molecular weight is 413 g/mol. The van der Waals surface area contributed by atoms with E-state index in [4.69, 9.17) is 0 Å². The van der Waals surface area contributed by atoms with E-state index >= 15 is 0 Å². The van der Waals surface area contributed by atoms with Gasteiger partial charge in [-0.2, -0.15) is 4.72 Å². The van der Waals surface area contributed by atoms with Crippen LogP contribution in [0.2, 0.25) is 0 Å². The van der Waals surface area contributed by atoms with Crippen LogP contribution < -0.4 is 10.0 Å². The van der Waals surface area contributed by atoms with Gasteiger partial charge in [-0.15, -0.1) is 0 Å². The Kier molecular flexibility index (Phi) is 5.98. The number of halogens is 1. The number of phenols is 1. The lowest BCUT2D eigenvalue weighted by molar-refractivity contribution is -0.117. The van der Waals surface area contributed by atoms with Crippen LogP contribution in [0, 0.1) is 0 Å². The molecule has 0 spiro atoms. The highest BCUT2D eigenvalue weighted by molar-refractivity contribution is 9.10. The molecule has 128 valence electrons. The fourth-order valence-corrected chi connectivity index (χ4v) is 3.53. The summed E-state index contributed by atoms with van der Waals surface area (Å²) >= 11 is 3.24. The van der Waals surface area contributed by atoms with Crippen molar-refractivity contribution < 1.29 is 18.3 Å². The molecule has 0 heterocycles. The predicted molar refractivity (Wildman–Crippen MR) is 95.3 cm³/mol. The Morgan fingerprint density at radius 3 is 2.38 bits per heavy atom. The highest BCUT2D eigenvalue weighted by atomic mass is 79.9. The van der Waals surface area contributed by atoms with Gasteiger partial charge in [-0.1, -0.05) is 35.0 Å². The maximum Gasteiger partial charge on any atom is 0.242 e. The van der Waals surface area contributed by atoms with Gasteiger partial charge in [-0.3, -0.25) is 4.79 Å². The molecule has 0 aliphatic heterocycles. The van der Waals surface area contributed by atoms with Gasteiger partial charge in [0.1, 0.15) is 11.8 Å². The smallest absolute Gasteiger partial charge is 0.242 e. The normalized spacial score (nSPS) is 12.6. The van der Waals surface area contributed by atoms with Crippen molar-refractivity contribution in [1.29, 1.82) is 0 Å². The minimum absolute atomic E-state index is 0.0690. The summed E-state index contributed by atoms with van der Waals surface area (Å²) < 4.78 is 27.9. The third kappa shape index (κ3) is 4.56. The number of sulfonamides is 1. The van der Waals surface area contributed by atoms with Crippen molar-refractivity contribution in [3.63, 3.8) is 0 Å². The molecule has 0 aliphatic carbocycles. The molecule has 2 rings (SSSR count). The Hall–Kier alpha value is -1.90. The quantitative estimate of drug-likeness (QED) is 0.635. The van der Waals surface area contributed by atoms with Gasteiger partial charge >= 0.3 is 0 Å². The molecule has 2 aromatic rings. The maximum atomic E-state index is 12.4. The van der Waals surface area contributed by atoms with E-state index in [2.05, 4.69) is 26.0 Å². The fraction of sp³-hybridized carbons (Fsp3) is 0.188. The second kappa shape index (κ2) is 7.78. The van der Waals surface area contributed by atoms with Crippen LogP contribution in [0.15, 0.2) is 57.9 Å². The average Bonchev–Trinajstić information content (AvgIpc) is 2.55. The van der Waals surface area contributed by atoms with Crippen LogP contribution in [0.3, 0.4) is 0 Å². The molecule has 3 N–H and O–H groups in total. The second-order valence-corrected chi connectivity index (χ2v) is 7.67. The molecule has 0 aliphatic rings. The second-order valence-electron chi connectivity index (χ2n) is 5.04. The number of carbonyl (C=O) groups is 1. The van der Waals surface area contributed by atoms with Crippen LogP contribution in [-0.4, -0.2) is 25.5 Å². The van der Waals surface area contributed by atoms with E-state index in [0.29, 0.717) is 0 Å². The molecule has 1 unspecified atom stereocenters. The minimum atomic E-state index is -3.83. The Morgan fingerprint density at radius 1 is 1.17 bits per heavy atom. The van der Waals surface area contributed by atoms with Crippen molar-refractivity contribution >= 4 is 37.5 Å². The van der Waals surface area contributed by atoms with Gasteiger partial charge in [0.05, 0.1) is 10.6 Å². The molecule has 0 saturated carbocycles. The number of hydrogen-bond donors (Lipinski definition) is 3. The molecule has 8 heteroatoms. The first-order valence-electron chi connectivity index (χ1n) is 7.20. The summed E-state index contributed by atoms with van der Waals surface area (Å²) in [6, 6.07) is 11.4. The molecule has 2 aromatic carbocycles. The molecular weight excluding hydrogens is 396 g/mol. The van der Waals surface area contributed by atoms with Crippen LogP contribution in [0.4, 0.5) is 5.69 Å². The molecular formula is C16H17BrN2O4S. The van der Waals surface area contributed by atoms with E-state index in [1.807, 2.05) is 0 Å². The van der Waals surface area contributed by atoms with Crippen molar-refractivity contribution in [1.82, 2.24) is 4.72 Å². The molecule has 1 amide bonds. The van der Waals surface area contributed by atoms with Crippen LogP contribution in [0.5, 0.6) is 5.75 Å². The first-order chi connectivity index (χ1) is 11.3. The SMILES string of the molecule is CCC(NS(=O)(=O)c1ccc(Br)cc1)C(=O)Nc1ccccc1O. The monoisotopic (exact) mass is 412 g/mol. The van der Waals surface area contributed by atoms with E-state index < -0.39 is 22.0 Å². The highest BCUT2D eigenvalue weighted by Crippen LogP contribution is 2.22. The lowest BCUT2D eigenvalue weighted by Crippen LogP contribution is -2.43. The zero-order valence-electron chi connectivity index (χ0n) is 12.9. The first-order valence-corrected chi connectivity index (χ1v) is 9.48. The summed E-state index contributed by atoms with van der Waals surface area (Å²) in [6.45, 7) is 1.69. The zero-order valence-corrected chi connectivity index (χ0v) is 15.3. The molecule has 0 fully saturated rings. The molecule has 0 saturated heterocycles. The van der Waals surface area contributed by atoms with Crippen molar-refractivity contribution in [3.8, 4) is 5.75 Å². The van der Waals surface area contributed by atoms with Crippen molar-refractivity contribution in [3.05, 3.63) is 53.0 Å². The Balaban J connectivity index is 2.15. The van der Waals surface area contributed by atoms with Gasteiger partial charge in [0, 0.05) is 4.47 Å². The Bertz CT molecular complexity index is 822. The summed E-state index contributed by atoms with van der Waals surface area (Å²) in [6.07, 6.45) is 0.259. The third-order valence-corrected chi connectivity index (χ3v) is 5.32. The predicted octanol–water partition coefficient (Wildman–Crippen LogP) is 2.85. The highest BCUT2D eigenvalue weighted by Gasteiger charge is 2.24. The van der Waals surface area contributed by atoms with Crippen LogP contribution >= 0.6 is 15.9 Å². The van der Waals surface area contributed by atoms with Gasteiger partial charge in [0.2, 0.25) is 15.9 Å². The minimum Gasteiger partial charge on any atom is -0.506 e. The van der Waals surface area contributed by atoms with Gasteiger partial charge < -0.3 is 10.4 Å². The third-order valence-electron chi connectivity index (χ3n) is 3.31. The van der Waals surface area contributed by atoms with E-state index in [0.717, 1.165) is 4.47 Å². The van der Waals surface area contributed by atoms with E-state index in [1.165, 1.54) is 24.3 Å². The molecule has 0 aromatic heterocycles. The van der Waals surface area contributed by atoms with E-state index in [1.54, 1.807) is 31.2 Å². The van der Waals surface area contributed by atoms with E-state index in [9.17, 15) is 18.3 Å². The number of anilines is 1. The van der Waals surface area contributed by atoms with Gasteiger partial charge in [-0.05, 0) is 42.8 Å². The molecule has 6 nitrogen and oxygen atoms in total. The van der Waals surface area contributed by atoms with Crippen LogP contribution in [-0.2, 0) is 14.8 Å². The largest absolute Gasteiger partial charge is 0.506 e. The molecule has 24 heavy (non-hydrogen) atoms. The fourth-order valence-electron chi connectivity index (χ4n) is 1.99. The number of rotatable bonds is 6. The van der Waals surface area contributed by atoms with Gasteiger partial charge in [-0.25, -0.2) is 8.42 Å². The van der Waals surface area contributed by atoms with Crippen LogP contribution in [0.1, 0.15) is 13.3 Å². The Morgan fingerprint density at radius 2 is 1.79 bits per heavy atom. The number of benzene rings is 2. The first kappa shape index (κ1) is 18.4. The number of para-hydroxylation sites is 2. The zero-order chi connectivity index (χ0) is 17.7. The van der Waals surface area contributed by atoms with Crippen molar-refractivity contribution in [2.24, 2.45) is 0 Å². The molecule has 0 radical (unpaired) electrons. The summed E-state index contributed by atoms with van der Waals surface area (Å²) in [7, 11) is -3.83. The van der Waals surface area contributed by atoms with Crippen molar-refractivity contribution in [2.75, 3.05) is 5.32 Å². The number of hydrogen-bond acceptors (Lipinski definition) is 4.